The first-order chi connectivity index (χ1) is 15.1. The van der Waals surface area contributed by atoms with Gasteiger partial charge in [-0.1, -0.05) is 13.8 Å². The predicted molar refractivity (Wildman–Crippen MR) is 122 cm³/mol. The fourth-order valence-corrected chi connectivity index (χ4v) is 4.85. The highest BCUT2D eigenvalue weighted by Crippen LogP contribution is 2.38. The third kappa shape index (κ3) is 4.31. The molecular weight excluding hydrogens is 409 g/mol. The van der Waals surface area contributed by atoms with Crippen LogP contribution in [-0.4, -0.2) is 49.8 Å². The number of piperazine rings is 1. The van der Waals surface area contributed by atoms with Gasteiger partial charge in [-0.05, 0) is 44.5 Å². The molecule has 0 radical (unpaired) electrons. The number of amides is 1. The zero-order valence-corrected chi connectivity index (χ0v) is 19.5. The molecule has 1 N–H and O–H groups in total. The van der Waals surface area contributed by atoms with Crippen LogP contribution < -0.4 is 10.2 Å². The zero-order chi connectivity index (χ0) is 23.2. The Balaban J connectivity index is 1.58. The van der Waals surface area contributed by atoms with E-state index in [4.69, 9.17) is 4.42 Å². The summed E-state index contributed by atoms with van der Waals surface area (Å²) in [4.78, 5) is 30.3. The Morgan fingerprint density at radius 3 is 2.56 bits per heavy atom. The van der Waals surface area contributed by atoms with E-state index >= 15 is 0 Å². The van der Waals surface area contributed by atoms with Crippen LogP contribution in [0.15, 0.2) is 22.6 Å². The van der Waals surface area contributed by atoms with Crippen molar-refractivity contribution in [2.75, 3.05) is 38.1 Å². The number of carbonyl (C=O) groups is 2. The molecule has 1 aliphatic carbocycles. The van der Waals surface area contributed by atoms with Crippen LogP contribution >= 0.6 is 0 Å². The van der Waals surface area contributed by atoms with E-state index in [9.17, 15) is 14.0 Å². The Labute approximate surface area is 188 Å². The van der Waals surface area contributed by atoms with Crippen LogP contribution in [0.25, 0.3) is 0 Å². The number of ketones is 1. The fraction of sp³-hybridized carbons (Fsp3) is 0.520. The van der Waals surface area contributed by atoms with Gasteiger partial charge >= 0.3 is 0 Å². The summed E-state index contributed by atoms with van der Waals surface area (Å²) in [6.45, 7) is 11.2. The summed E-state index contributed by atoms with van der Waals surface area (Å²) in [7, 11) is 2.09. The topological polar surface area (TPSA) is 65.8 Å². The number of halogens is 1. The number of fused-ring (bicyclic) bond motifs is 1. The quantitative estimate of drug-likeness (QED) is 0.773. The SMILES string of the molecule is Cc1c(C(=O)NC(C)c2cc(F)ccc2N2CCN(C)CC2)oc2c1C(=O)CC(C)(C)C2. The van der Waals surface area contributed by atoms with Gasteiger partial charge in [-0.15, -0.1) is 0 Å². The Morgan fingerprint density at radius 2 is 1.88 bits per heavy atom. The lowest BCUT2D eigenvalue weighted by molar-refractivity contribution is 0.0883. The molecule has 4 rings (SSSR count). The molecule has 0 saturated carbocycles. The summed E-state index contributed by atoms with van der Waals surface area (Å²) in [5.41, 5.74) is 2.61. The van der Waals surface area contributed by atoms with Crippen molar-refractivity contribution in [1.29, 1.82) is 0 Å². The summed E-state index contributed by atoms with van der Waals surface area (Å²) in [6.07, 6.45) is 1.06. The third-order valence-electron chi connectivity index (χ3n) is 6.63. The van der Waals surface area contributed by atoms with E-state index in [1.165, 1.54) is 12.1 Å². The van der Waals surface area contributed by atoms with Crippen molar-refractivity contribution in [1.82, 2.24) is 10.2 Å². The van der Waals surface area contributed by atoms with Gasteiger partial charge in [0.2, 0.25) is 0 Å². The molecule has 1 aromatic carbocycles. The van der Waals surface area contributed by atoms with E-state index in [0.717, 1.165) is 37.4 Å². The van der Waals surface area contributed by atoms with E-state index < -0.39 is 6.04 Å². The molecule has 1 unspecified atom stereocenters. The summed E-state index contributed by atoms with van der Waals surface area (Å²) in [6, 6.07) is 4.31. The summed E-state index contributed by atoms with van der Waals surface area (Å²) in [5, 5.41) is 2.97. The number of benzene rings is 1. The number of nitrogens with zero attached hydrogens (tertiary/aromatic N) is 2. The first-order valence-corrected chi connectivity index (χ1v) is 11.2. The lowest BCUT2D eigenvalue weighted by atomic mass is 9.76. The second kappa shape index (κ2) is 8.35. The molecule has 172 valence electrons. The Morgan fingerprint density at radius 1 is 1.19 bits per heavy atom. The van der Waals surface area contributed by atoms with Crippen molar-refractivity contribution in [3.63, 3.8) is 0 Å². The normalized spacial score (nSPS) is 19.6. The minimum absolute atomic E-state index is 0.0204. The Kier molecular flexibility index (Phi) is 5.88. The van der Waals surface area contributed by atoms with Crippen LogP contribution in [0.3, 0.4) is 0 Å². The first kappa shape index (κ1) is 22.5. The van der Waals surface area contributed by atoms with Crippen LogP contribution in [0.2, 0.25) is 0 Å². The second-order valence-corrected chi connectivity index (χ2v) is 9.98. The summed E-state index contributed by atoms with van der Waals surface area (Å²) in [5.74, 6) is 0.0583. The molecule has 32 heavy (non-hydrogen) atoms. The molecule has 1 atom stereocenters. The Bertz CT molecular complexity index is 1050. The molecule has 2 aliphatic rings. The van der Waals surface area contributed by atoms with Gasteiger partial charge in [0, 0.05) is 55.8 Å². The molecule has 0 bridgehead atoms. The maximum Gasteiger partial charge on any atom is 0.287 e. The predicted octanol–water partition coefficient (Wildman–Crippen LogP) is 4.13. The monoisotopic (exact) mass is 441 g/mol. The van der Waals surface area contributed by atoms with Crippen molar-refractivity contribution in [3.05, 3.63) is 52.2 Å². The highest BCUT2D eigenvalue weighted by molar-refractivity contribution is 6.03. The molecule has 7 heteroatoms. The van der Waals surface area contributed by atoms with Crippen LogP contribution in [0.1, 0.15) is 71.0 Å². The summed E-state index contributed by atoms with van der Waals surface area (Å²) >= 11 is 0. The molecular formula is C25H32FN3O3. The maximum atomic E-state index is 14.1. The van der Waals surface area contributed by atoms with E-state index in [-0.39, 0.29) is 28.7 Å². The van der Waals surface area contributed by atoms with Crippen LogP contribution in [0.5, 0.6) is 0 Å². The van der Waals surface area contributed by atoms with Gasteiger partial charge in [0.25, 0.3) is 5.91 Å². The smallest absolute Gasteiger partial charge is 0.287 e. The highest BCUT2D eigenvalue weighted by atomic mass is 19.1. The number of hydrogen-bond donors (Lipinski definition) is 1. The van der Waals surface area contributed by atoms with E-state index in [0.29, 0.717) is 29.7 Å². The fourth-order valence-electron chi connectivity index (χ4n) is 4.85. The number of likely N-dealkylation sites (N-methyl/N-ethyl adjacent to an activating group) is 1. The average molecular weight is 442 g/mol. The number of Topliss-reactive ketones (excluding diaryl/α,β-unsaturated/α-hetero) is 1. The largest absolute Gasteiger partial charge is 0.455 e. The minimum Gasteiger partial charge on any atom is -0.455 e. The number of carbonyl (C=O) groups excluding carboxylic acids is 2. The van der Waals surface area contributed by atoms with Gasteiger partial charge in [-0.25, -0.2) is 4.39 Å². The minimum atomic E-state index is -0.429. The van der Waals surface area contributed by atoms with Crippen molar-refractivity contribution in [3.8, 4) is 0 Å². The van der Waals surface area contributed by atoms with Gasteiger partial charge in [-0.3, -0.25) is 9.59 Å². The lowest BCUT2D eigenvalue weighted by Gasteiger charge is -2.36. The molecule has 1 saturated heterocycles. The van der Waals surface area contributed by atoms with Crippen molar-refractivity contribution >= 4 is 17.4 Å². The van der Waals surface area contributed by atoms with Gasteiger partial charge < -0.3 is 19.5 Å². The molecule has 1 amide bonds. The van der Waals surface area contributed by atoms with Gasteiger partial charge in [0.15, 0.2) is 11.5 Å². The van der Waals surface area contributed by atoms with Crippen molar-refractivity contribution in [2.45, 2.75) is 46.6 Å². The number of nitrogens with one attached hydrogen (secondary N) is 1. The van der Waals surface area contributed by atoms with E-state index in [1.807, 2.05) is 20.8 Å². The molecule has 1 aliphatic heterocycles. The van der Waals surface area contributed by atoms with Crippen molar-refractivity contribution < 1.29 is 18.4 Å². The van der Waals surface area contributed by atoms with Gasteiger partial charge in [0.05, 0.1) is 11.6 Å². The third-order valence-corrected chi connectivity index (χ3v) is 6.63. The van der Waals surface area contributed by atoms with E-state index in [1.54, 1.807) is 13.0 Å². The van der Waals surface area contributed by atoms with E-state index in [2.05, 4.69) is 22.2 Å². The van der Waals surface area contributed by atoms with Crippen LogP contribution in [0.4, 0.5) is 10.1 Å². The second-order valence-electron chi connectivity index (χ2n) is 9.98. The summed E-state index contributed by atoms with van der Waals surface area (Å²) < 4.78 is 20.0. The van der Waals surface area contributed by atoms with Crippen LogP contribution in [0, 0.1) is 18.2 Å². The standard InChI is InChI=1S/C25H32FN3O3/c1-15-22-20(30)13-25(3,4)14-21(22)32-23(15)24(31)27-16(2)18-12-17(26)6-7-19(18)29-10-8-28(5)9-11-29/h6-7,12,16H,8-11,13-14H2,1-5H3,(H,27,31). The maximum absolute atomic E-state index is 14.1. The number of rotatable bonds is 4. The highest BCUT2D eigenvalue weighted by Gasteiger charge is 2.37. The van der Waals surface area contributed by atoms with Gasteiger partial charge in [0.1, 0.15) is 11.6 Å². The molecule has 0 spiro atoms. The first-order valence-electron chi connectivity index (χ1n) is 11.2. The molecule has 1 aromatic heterocycles. The van der Waals surface area contributed by atoms with Crippen LogP contribution in [-0.2, 0) is 6.42 Å². The number of hydrogen-bond acceptors (Lipinski definition) is 5. The Hall–Kier alpha value is -2.67. The molecule has 2 heterocycles. The molecule has 6 nitrogen and oxygen atoms in total. The lowest BCUT2D eigenvalue weighted by Crippen LogP contribution is -2.45. The number of furan rings is 1. The van der Waals surface area contributed by atoms with Gasteiger partial charge in [-0.2, -0.15) is 0 Å². The molecule has 1 fully saturated rings. The number of anilines is 1. The zero-order valence-electron chi connectivity index (χ0n) is 19.5. The van der Waals surface area contributed by atoms with Crippen molar-refractivity contribution in [2.24, 2.45) is 5.41 Å². The average Bonchev–Trinajstić information content (AvgIpc) is 3.04. The molecule has 2 aromatic rings.